The number of nitrogens with zero attached hydrogens (tertiary/aromatic N) is 10. The summed E-state index contributed by atoms with van der Waals surface area (Å²) in [5.41, 5.74) is 12.8. The van der Waals surface area contributed by atoms with Gasteiger partial charge in [0, 0.05) is 39.1 Å². The molecule has 0 unspecified atom stereocenters. The van der Waals surface area contributed by atoms with Gasteiger partial charge >= 0.3 is 12.1 Å². The Morgan fingerprint density at radius 1 is 0.481 bits per heavy atom. The molecule has 4 fully saturated rings. The van der Waals surface area contributed by atoms with Crippen LogP contribution in [0.3, 0.4) is 0 Å². The van der Waals surface area contributed by atoms with Crippen LogP contribution in [0.5, 0.6) is 11.5 Å². The summed E-state index contributed by atoms with van der Waals surface area (Å²) >= 11 is 5.92. The van der Waals surface area contributed by atoms with E-state index in [1.54, 1.807) is 14.2 Å². The molecule has 4 aliphatic heterocycles. The van der Waals surface area contributed by atoms with Crippen molar-refractivity contribution in [2.45, 2.75) is 97.2 Å². The average molecular weight is 1100 g/mol. The van der Waals surface area contributed by atoms with Gasteiger partial charge in [-0.2, -0.15) is 19.9 Å². The van der Waals surface area contributed by atoms with Gasteiger partial charge in [-0.1, -0.05) is 85.6 Å². The van der Waals surface area contributed by atoms with E-state index < -0.39 is 12.1 Å². The molecule has 79 heavy (non-hydrogen) atoms. The SMILES string of the molecule is COc1ccc(CNc2nc(CCc3ccc(CN4CCCCC4)cc3)nc(CN3CC(=O)NC3=O)n2)cc1.COc1ccc(CNc2nc(Cl)nc(CN3CC(=O)NC3=O)n2)cc1.NCc1ccc(CN2CCCCC2)cc1. The van der Waals surface area contributed by atoms with Gasteiger partial charge in [-0.25, -0.2) is 19.6 Å². The highest BCUT2D eigenvalue weighted by molar-refractivity contribution is 6.28. The molecule has 0 saturated carbocycles. The van der Waals surface area contributed by atoms with E-state index in [0.29, 0.717) is 49.5 Å². The number of halogens is 1. The third-order valence-corrected chi connectivity index (χ3v) is 13.8. The number of nitrogens with one attached hydrogen (secondary N) is 4. The Labute approximate surface area is 466 Å². The third-order valence-electron chi connectivity index (χ3n) is 13.6. The smallest absolute Gasteiger partial charge is 0.324 e. The summed E-state index contributed by atoms with van der Waals surface area (Å²) < 4.78 is 10.3. The summed E-state index contributed by atoms with van der Waals surface area (Å²) in [6, 6.07) is 31.9. The second kappa shape index (κ2) is 29.2. The average Bonchev–Trinajstić information content (AvgIpc) is 3.97. The van der Waals surface area contributed by atoms with E-state index in [9.17, 15) is 19.2 Å². The summed E-state index contributed by atoms with van der Waals surface area (Å²) in [7, 11) is 3.25. The quantitative estimate of drug-likeness (QED) is 0.0502. The lowest BCUT2D eigenvalue weighted by Crippen LogP contribution is -2.29. The second-order valence-electron chi connectivity index (χ2n) is 19.7. The molecular weight excluding hydrogens is 1030 g/mol. The number of nitrogens with two attached hydrogens (primary N) is 1. The highest BCUT2D eigenvalue weighted by Crippen LogP contribution is 2.19. The highest BCUT2D eigenvalue weighted by atomic mass is 35.5. The molecule has 6 amide bonds. The number of amides is 6. The summed E-state index contributed by atoms with van der Waals surface area (Å²) in [6.45, 7) is 8.82. The molecule has 10 rings (SSSR count). The van der Waals surface area contributed by atoms with Gasteiger partial charge in [0.2, 0.25) is 29.0 Å². The molecule has 2 aromatic heterocycles. The Hall–Kier alpha value is -7.85. The lowest BCUT2D eigenvalue weighted by Gasteiger charge is -2.26. The number of carbonyl (C=O) groups is 4. The number of likely N-dealkylation sites (tertiary alicyclic amines) is 2. The Morgan fingerprint density at radius 2 is 0.886 bits per heavy atom. The molecule has 0 spiro atoms. The van der Waals surface area contributed by atoms with Crippen LogP contribution in [0, 0.1) is 0 Å². The minimum atomic E-state index is -0.478. The molecule has 0 atom stereocenters. The Balaban J connectivity index is 0.000000174. The van der Waals surface area contributed by atoms with Crippen LogP contribution in [0.15, 0.2) is 97.1 Å². The van der Waals surface area contributed by atoms with Crippen LogP contribution in [0.2, 0.25) is 5.28 Å². The van der Waals surface area contributed by atoms with Gasteiger partial charge in [-0.15, -0.1) is 0 Å². The zero-order chi connectivity index (χ0) is 55.3. The van der Waals surface area contributed by atoms with Crippen molar-refractivity contribution in [3.63, 3.8) is 0 Å². The zero-order valence-electron chi connectivity index (χ0n) is 45.0. The lowest BCUT2D eigenvalue weighted by molar-refractivity contribution is -0.119. The number of urea groups is 2. The Morgan fingerprint density at radius 3 is 1.32 bits per heavy atom. The first kappa shape index (κ1) is 57.3. The van der Waals surface area contributed by atoms with Crippen LogP contribution in [-0.4, -0.2) is 127 Å². The van der Waals surface area contributed by atoms with Crippen molar-refractivity contribution >= 4 is 47.4 Å². The normalized spacial score (nSPS) is 15.6. The van der Waals surface area contributed by atoms with Gasteiger partial charge in [-0.3, -0.25) is 30.0 Å². The largest absolute Gasteiger partial charge is 0.497 e. The van der Waals surface area contributed by atoms with Crippen LogP contribution >= 0.6 is 11.6 Å². The number of rotatable bonds is 20. The van der Waals surface area contributed by atoms with Crippen molar-refractivity contribution < 1.29 is 28.7 Å². The summed E-state index contributed by atoms with van der Waals surface area (Å²) in [4.78, 5) is 80.3. The first-order valence-corrected chi connectivity index (χ1v) is 27.2. The molecule has 0 bridgehead atoms. The van der Waals surface area contributed by atoms with Gasteiger partial charge in [-0.05, 0) is 128 Å². The summed E-state index contributed by atoms with van der Waals surface area (Å²) in [5, 5.41) is 10.8. The van der Waals surface area contributed by atoms with Crippen LogP contribution in [0.25, 0.3) is 0 Å². The van der Waals surface area contributed by atoms with E-state index in [2.05, 4.69) is 110 Å². The lowest BCUT2D eigenvalue weighted by atomic mass is 10.1. The molecule has 6 heterocycles. The van der Waals surface area contributed by atoms with Crippen molar-refractivity contribution in [3.8, 4) is 11.5 Å². The number of benzene rings is 4. The van der Waals surface area contributed by atoms with Gasteiger partial charge in [0.1, 0.15) is 30.4 Å². The van der Waals surface area contributed by atoms with Crippen molar-refractivity contribution in [2.75, 3.05) is 64.1 Å². The molecule has 416 valence electrons. The number of aromatic nitrogens is 6. The van der Waals surface area contributed by atoms with E-state index in [0.717, 1.165) is 42.1 Å². The molecule has 22 heteroatoms. The van der Waals surface area contributed by atoms with E-state index in [1.807, 2.05) is 48.5 Å². The maximum absolute atomic E-state index is 12.1. The molecular formula is C57H70ClN15O6. The molecule has 4 aromatic carbocycles. The Bertz CT molecular complexity index is 2940. The number of hydrogen-bond donors (Lipinski definition) is 5. The maximum atomic E-state index is 12.1. The predicted molar refractivity (Wildman–Crippen MR) is 300 cm³/mol. The van der Waals surface area contributed by atoms with Crippen LogP contribution in [0.1, 0.15) is 89.4 Å². The minimum Gasteiger partial charge on any atom is -0.497 e. The van der Waals surface area contributed by atoms with Gasteiger partial charge in [0.05, 0.1) is 27.3 Å². The van der Waals surface area contributed by atoms with Crippen LogP contribution < -0.4 is 36.5 Å². The van der Waals surface area contributed by atoms with Gasteiger partial charge in [0.25, 0.3) is 0 Å². The van der Waals surface area contributed by atoms with E-state index in [-0.39, 0.29) is 49.2 Å². The number of ether oxygens (including phenoxy) is 2. The van der Waals surface area contributed by atoms with Crippen molar-refractivity contribution in [1.29, 1.82) is 0 Å². The van der Waals surface area contributed by atoms with Crippen molar-refractivity contribution in [1.82, 2.24) is 60.1 Å². The van der Waals surface area contributed by atoms with E-state index >= 15 is 0 Å². The van der Waals surface area contributed by atoms with Gasteiger partial charge < -0.3 is 35.6 Å². The summed E-state index contributed by atoms with van der Waals surface area (Å²) in [6.07, 6.45) is 9.47. The molecule has 4 aliphatic rings. The third kappa shape index (κ3) is 18.4. The minimum absolute atomic E-state index is 0.00175. The first-order valence-electron chi connectivity index (χ1n) is 26.8. The Kier molecular flexibility index (Phi) is 21.2. The van der Waals surface area contributed by atoms with E-state index in [4.69, 9.17) is 26.8 Å². The van der Waals surface area contributed by atoms with Crippen LogP contribution in [0.4, 0.5) is 21.5 Å². The molecule has 0 radical (unpaired) electrons. The molecule has 6 aromatic rings. The standard InChI is InChI=1S/C29H35N7O3.C15H15ClN6O3.C13H20N2/c1-39-24-12-9-22(10-13-24)17-30-28-32-25(31-26(33-28)19-36-20-27(37)34-29(36)38)14-11-21-5-7-23(8-6-21)18-35-15-3-2-4-16-35;1-25-10-4-2-9(3-5-10)6-17-14-19-11(18-13(16)21-14)7-22-8-12(23)20-15(22)24;14-10-12-4-6-13(7-5-12)11-15-8-2-1-3-9-15/h5-10,12-13H,2-4,11,14-20H2,1H3,(H,34,37,38)(H,30,31,32,33);2-5H,6-8H2,1H3,(H,20,23,24)(H,17,18,19,21);4-7H,1-3,8-11,14H2. The second-order valence-corrected chi connectivity index (χ2v) is 20.0. The maximum Gasteiger partial charge on any atom is 0.324 e. The predicted octanol–water partition coefficient (Wildman–Crippen LogP) is 6.64. The number of aryl methyl sites for hydroxylation is 2. The highest BCUT2D eigenvalue weighted by Gasteiger charge is 2.29. The molecule has 0 aliphatic carbocycles. The monoisotopic (exact) mass is 1100 g/mol. The van der Waals surface area contributed by atoms with E-state index in [1.165, 1.54) is 96.8 Å². The molecule has 21 nitrogen and oxygen atoms in total. The number of piperidine rings is 2. The first-order chi connectivity index (χ1) is 38.4. The number of anilines is 2. The summed E-state index contributed by atoms with van der Waals surface area (Å²) in [5.74, 6) is 2.99. The molecule has 6 N–H and O–H groups in total. The topological polar surface area (TPSA) is 251 Å². The fourth-order valence-electron chi connectivity index (χ4n) is 9.28. The fraction of sp³-hybridized carbons (Fsp3) is 0.404. The number of carbonyl (C=O) groups excluding carboxylic acids is 4. The number of methoxy groups -OCH3 is 2. The van der Waals surface area contributed by atoms with Crippen LogP contribution in [-0.2, 0) is 68.2 Å². The number of imide groups is 2. The number of hydrogen-bond acceptors (Lipinski definition) is 17. The van der Waals surface area contributed by atoms with Crippen molar-refractivity contribution in [2.24, 2.45) is 5.73 Å². The van der Waals surface area contributed by atoms with Crippen molar-refractivity contribution in [3.05, 3.63) is 153 Å². The fourth-order valence-corrected chi connectivity index (χ4v) is 9.46. The zero-order valence-corrected chi connectivity index (χ0v) is 45.7. The molecule has 4 saturated heterocycles. The van der Waals surface area contributed by atoms with Gasteiger partial charge in [0.15, 0.2) is 11.6 Å².